The number of benzene rings is 2. The summed E-state index contributed by atoms with van der Waals surface area (Å²) in [5.41, 5.74) is 3.15. The molecule has 2 N–H and O–H groups in total. The molecule has 0 spiro atoms. The highest BCUT2D eigenvalue weighted by atomic mass is 79.9. The molecule has 0 unspecified atom stereocenters. The third-order valence-corrected chi connectivity index (χ3v) is 3.56. The second-order valence-corrected chi connectivity index (χ2v) is 5.75. The lowest BCUT2D eigenvalue weighted by Crippen LogP contribution is -2.29. The molecular weight excluding hydrogens is 377 g/mol. The fourth-order valence-corrected chi connectivity index (χ4v) is 2.08. The van der Waals surface area contributed by atoms with E-state index in [-0.39, 0.29) is 24.4 Å². The molecule has 0 saturated carbocycles. The fraction of sp³-hybridized carbons (Fsp3) is 0.118. The quantitative estimate of drug-likeness (QED) is 0.586. The highest BCUT2D eigenvalue weighted by molar-refractivity contribution is 9.10. The van der Waals surface area contributed by atoms with Crippen molar-refractivity contribution in [1.29, 1.82) is 0 Å². The maximum absolute atomic E-state index is 13.4. The Balaban J connectivity index is 1.72. The molecule has 2 aromatic carbocycles. The minimum atomic E-state index is -0.599. The zero-order valence-electron chi connectivity index (χ0n) is 12.6. The normalized spacial score (nSPS) is 10.6. The van der Waals surface area contributed by atoms with Crippen LogP contribution in [0.2, 0.25) is 0 Å². The molecule has 124 valence electrons. The van der Waals surface area contributed by atoms with Crippen LogP contribution in [0.4, 0.5) is 4.39 Å². The standard InChI is InChI=1S/C17H15BrFN3O2/c18-13-7-5-12(6-8-13)11-21-22-16(23)9-10-20-17(24)14-3-1-2-4-15(14)19/h1-8,11H,9-10H2,(H,20,24)(H,22,23). The van der Waals surface area contributed by atoms with Crippen molar-refractivity contribution in [2.75, 3.05) is 6.54 Å². The molecule has 24 heavy (non-hydrogen) atoms. The number of nitrogens with one attached hydrogen (secondary N) is 2. The van der Waals surface area contributed by atoms with Gasteiger partial charge in [-0.25, -0.2) is 9.82 Å². The van der Waals surface area contributed by atoms with E-state index in [1.165, 1.54) is 24.4 Å². The van der Waals surface area contributed by atoms with Crippen LogP contribution in [0.15, 0.2) is 58.1 Å². The Kier molecular flexibility index (Phi) is 6.62. The molecule has 2 rings (SSSR count). The third-order valence-electron chi connectivity index (χ3n) is 3.03. The molecule has 2 aromatic rings. The van der Waals surface area contributed by atoms with Crippen LogP contribution in [0.1, 0.15) is 22.3 Å². The summed E-state index contributed by atoms with van der Waals surface area (Å²) >= 11 is 3.33. The van der Waals surface area contributed by atoms with Gasteiger partial charge in [-0.15, -0.1) is 0 Å². The zero-order chi connectivity index (χ0) is 17.4. The molecule has 5 nitrogen and oxygen atoms in total. The second-order valence-electron chi connectivity index (χ2n) is 4.83. The van der Waals surface area contributed by atoms with Crippen LogP contribution in [0, 0.1) is 5.82 Å². The molecule has 0 fully saturated rings. The summed E-state index contributed by atoms with van der Waals surface area (Å²) in [4.78, 5) is 23.4. The highest BCUT2D eigenvalue weighted by Crippen LogP contribution is 2.09. The molecule has 0 saturated heterocycles. The number of amides is 2. The van der Waals surface area contributed by atoms with Crippen molar-refractivity contribution in [1.82, 2.24) is 10.7 Å². The number of hydrogen-bond acceptors (Lipinski definition) is 3. The number of hydrazone groups is 1. The first-order valence-corrected chi connectivity index (χ1v) is 7.96. The molecule has 2 amide bonds. The number of nitrogens with zero attached hydrogens (tertiary/aromatic N) is 1. The van der Waals surface area contributed by atoms with Crippen LogP contribution in [0.25, 0.3) is 0 Å². The van der Waals surface area contributed by atoms with Gasteiger partial charge in [0, 0.05) is 17.4 Å². The Labute approximate surface area is 147 Å². The van der Waals surface area contributed by atoms with Gasteiger partial charge in [0.15, 0.2) is 0 Å². The van der Waals surface area contributed by atoms with Crippen molar-refractivity contribution in [3.05, 3.63) is 69.9 Å². The molecule has 7 heteroatoms. The topological polar surface area (TPSA) is 70.6 Å². The molecule has 0 aromatic heterocycles. The molecule has 0 heterocycles. The summed E-state index contributed by atoms with van der Waals surface area (Å²) in [6.07, 6.45) is 1.56. The minimum Gasteiger partial charge on any atom is -0.351 e. The average molecular weight is 392 g/mol. The molecule has 0 bridgehead atoms. The van der Waals surface area contributed by atoms with E-state index in [1.807, 2.05) is 24.3 Å². The number of carbonyl (C=O) groups excluding carboxylic acids is 2. The molecular formula is C17H15BrFN3O2. The van der Waals surface area contributed by atoms with E-state index in [1.54, 1.807) is 6.07 Å². The summed E-state index contributed by atoms with van der Waals surface area (Å²) in [6, 6.07) is 13.1. The van der Waals surface area contributed by atoms with E-state index in [0.29, 0.717) is 0 Å². The number of hydrogen-bond donors (Lipinski definition) is 2. The van der Waals surface area contributed by atoms with E-state index in [2.05, 4.69) is 31.8 Å². The maximum Gasteiger partial charge on any atom is 0.254 e. The first-order chi connectivity index (χ1) is 11.6. The number of halogens is 2. The van der Waals surface area contributed by atoms with Gasteiger partial charge in [-0.2, -0.15) is 5.10 Å². The summed E-state index contributed by atoms with van der Waals surface area (Å²) in [6.45, 7) is 0.0901. The minimum absolute atomic E-state index is 0.0396. The van der Waals surface area contributed by atoms with Crippen LogP contribution >= 0.6 is 15.9 Å². The van der Waals surface area contributed by atoms with Crippen molar-refractivity contribution in [3.8, 4) is 0 Å². The molecule has 0 aliphatic carbocycles. The van der Waals surface area contributed by atoms with Gasteiger partial charge in [-0.3, -0.25) is 9.59 Å². The van der Waals surface area contributed by atoms with Crippen molar-refractivity contribution in [3.63, 3.8) is 0 Å². The van der Waals surface area contributed by atoms with Crippen molar-refractivity contribution < 1.29 is 14.0 Å². The summed E-state index contributed by atoms with van der Waals surface area (Å²) in [5.74, 6) is -1.50. The van der Waals surface area contributed by atoms with Crippen molar-refractivity contribution in [2.45, 2.75) is 6.42 Å². The van der Waals surface area contributed by atoms with Crippen LogP contribution < -0.4 is 10.7 Å². The Morgan fingerprint density at radius 1 is 1.12 bits per heavy atom. The molecule has 0 aliphatic heterocycles. The van der Waals surface area contributed by atoms with Crippen LogP contribution in [-0.4, -0.2) is 24.6 Å². The largest absolute Gasteiger partial charge is 0.351 e. The Morgan fingerprint density at radius 2 is 1.83 bits per heavy atom. The van der Waals surface area contributed by atoms with E-state index >= 15 is 0 Å². The molecule has 0 atom stereocenters. The third kappa shape index (κ3) is 5.58. The van der Waals surface area contributed by atoms with Gasteiger partial charge >= 0.3 is 0 Å². The summed E-state index contributed by atoms with van der Waals surface area (Å²) < 4.78 is 14.4. The lowest BCUT2D eigenvalue weighted by molar-refractivity contribution is -0.120. The van der Waals surface area contributed by atoms with E-state index in [4.69, 9.17) is 0 Å². The van der Waals surface area contributed by atoms with Gasteiger partial charge in [0.2, 0.25) is 5.91 Å². The van der Waals surface area contributed by atoms with Crippen LogP contribution in [0.5, 0.6) is 0 Å². The van der Waals surface area contributed by atoms with Gasteiger partial charge in [-0.1, -0.05) is 40.2 Å². The van der Waals surface area contributed by atoms with Gasteiger partial charge in [0.05, 0.1) is 11.8 Å². The highest BCUT2D eigenvalue weighted by Gasteiger charge is 2.10. The first-order valence-electron chi connectivity index (χ1n) is 7.16. The summed E-state index contributed by atoms with van der Waals surface area (Å²) in [7, 11) is 0. The van der Waals surface area contributed by atoms with E-state index in [9.17, 15) is 14.0 Å². The summed E-state index contributed by atoms with van der Waals surface area (Å²) in [5, 5.41) is 6.32. The van der Waals surface area contributed by atoms with Crippen molar-refractivity contribution >= 4 is 34.0 Å². The van der Waals surface area contributed by atoms with Crippen molar-refractivity contribution in [2.24, 2.45) is 5.10 Å². The SMILES string of the molecule is O=C(CCNC(=O)c1ccccc1F)NN=Cc1ccc(Br)cc1. The maximum atomic E-state index is 13.4. The predicted octanol–water partition coefficient (Wildman–Crippen LogP) is 2.86. The van der Waals surface area contributed by atoms with E-state index in [0.717, 1.165) is 10.0 Å². The average Bonchev–Trinajstić information content (AvgIpc) is 2.57. The number of rotatable bonds is 6. The van der Waals surface area contributed by atoms with Crippen LogP contribution in [0.3, 0.4) is 0 Å². The monoisotopic (exact) mass is 391 g/mol. The lowest BCUT2D eigenvalue weighted by atomic mass is 10.2. The lowest BCUT2D eigenvalue weighted by Gasteiger charge is -2.05. The molecule has 0 aliphatic rings. The van der Waals surface area contributed by atoms with Gasteiger partial charge in [-0.05, 0) is 29.8 Å². The second kappa shape index (κ2) is 8.93. The van der Waals surface area contributed by atoms with E-state index < -0.39 is 11.7 Å². The van der Waals surface area contributed by atoms with Crippen LogP contribution in [-0.2, 0) is 4.79 Å². The van der Waals surface area contributed by atoms with Gasteiger partial charge < -0.3 is 5.32 Å². The smallest absolute Gasteiger partial charge is 0.254 e. The Hall–Kier alpha value is -2.54. The fourth-order valence-electron chi connectivity index (χ4n) is 1.81. The number of carbonyl (C=O) groups is 2. The predicted molar refractivity (Wildman–Crippen MR) is 93.2 cm³/mol. The zero-order valence-corrected chi connectivity index (χ0v) is 14.2. The first kappa shape index (κ1) is 17.8. The van der Waals surface area contributed by atoms with Gasteiger partial charge in [0.1, 0.15) is 5.82 Å². The Morgan fingerprint density at radius 3 is 2.54 bits per heavy atom. The Bertz CT molecular complexity index is 748. The van der Waals surface area contributed by atoms with Gasteiger partial charge in [0.25, 0.3) is 5.91 Å². The molecule has 0 radical (unpaired) electrons.